The Morgan fingerprint density at radius 3 is 1.94 bits per heavy atom. The molecule has 3 rings (SSSR count). The van der Waals surface area contributed by atoms with Crippen LogP contribution in [0, 0.1) is 0 Å². The molecule has 2 fully saturated rings. The first-order valence-electron chi connectivity index (χ1n) is 5.49. The maximum absolute atomic E-state index is 5.56. The van der Waals surface area contributed by atoms with E-state index in [1.165, 1.54) is 0 Å². The molecule has 0 amide bonds. The van der Waals surface area contributed by atoms with Gasteiger partial charge in [0, 0.05) is 6.07 Å². The van der Waals surface area contributed by atoms with Gasteiger partial charge in [-0.25, -0.2) is 0 Å². The Kier molecular flexibility index (Phi) is 2.68. The fraction of sp³-hybridized carbons (Fsp3) is 0.500. The SMILES string of the molecule is c1cc(OC[C@H]2CO2)cc(OC[C@H]2CO2)c1. The first-order chi connectivity index (χ1) is 7.90. The number of hydrogen-bond donors (Lipinski definition) is 0. The van der Waals surface area contributed by atoms with Crippen molar-refractivity contribution < 1.29 is 18.9 Å². The maximum Gasteiger partial charge on any atom is 0.123 e. The highest BCUT2D eigenvalue weighted by molar-refractivity contribution is 5.33. The van der Waals surface area contributed by atoms with E-state index in [1.54, 1.807) is 0 Å². The van der Waals surface area contributed by atoms with Crippen molar-refractivity contribution in [3.8, 4) is 11.5 Å². The molecule has 0 saturated carbocycles. The predicted octanol–water partition coefficient (Wildman–Crippen LogP) is 1.24. The van der Waals surface area contributed by atoms with Crippen LogP contribution in [0.2, 0.25) is 0 Å². The summed E-state index contributed by atoms with van der Waals surface area (Å²) < 4.78 is 21.3. The third-order valence-electron chi connectivity index (χ3n) is 2.48. The highest BCUT2D eigenvalue weighted by Crippen LogP contribution is 2.22. The van der Waals surface area contributed by atoms with Crippen LogP contribution in [0.4, 0.5) is 0 Å². The van der Waals surface area contributed by atoms with E-state index in [0.29, 0.717) is 13.2 Å². The van der Waals surface area contributed by atoms with E-state index in [1.807, 2.05) is 24.3 Å². The van der Waals surface area contributed by atoms with Crippen LogP contribution in [0.1, 0.15) is 0 Å². The molecule has 4 nitrogen and oxygen atoms in total. The van der Waals surface area contributed by atoms with Gasteiger partial charge in [-0.2, -0.15) is 0 Å². The number of hydrogen-bond acceptors (Lipinski definition) is 4. The van der Waals surface area contributed by atoms with Gasteiger partial charge in [0.2, 0.25) is 0 Å². The Balaban J connectivity index is 1.52. The molecule has 2 heterocycles. The minimum absolute atomic E-state index is 0.282. The van der Waals surface area contributed by atoms with Gasteiger partial charge in [-0.05, 0) is 12.1 Å². The van der Waals surface area contributed by atoms with Gasteiger partial charge in [-0.15, -0.1) is 0 Å². The summed E-state index contributed by atoms with van der Waals surface area (Å²) in [5.41, 5.74) is 0. The van der Waals surface area contributed by atoms with Crippen molar-refractivity contribution in [2.75, 3.05) is 26.4 Å². The zero-order valence-electron chi connectivity index (χ0n) is 8.93. The fourth-order valence-electron chi connectivity index (χ4n) is 1.36. The van der Waals surface area contributed by atoms with E-state index in [-0.39, 0.29) is 12.2 Å². The van der Waals surface area contributed by atoms with Crippen LogP contribution in [0.25, 0.3) is 0 Å². The minimum Gasteiger partial charge on any atom is -0.491 e. The lowest BCUT2D eigenvalue weighted by molar-refractivity contribution is 0.252. The average molecular weight is 222 g/mol. The van der Waals surface area contributed by atoms with Crippen LogP contribution in [-0.2, 0) is 9.47 Å². The van der Waals surface area contributed by atoms with Crippen LogP contribution in [0.15, 0.2) is 24.3 Å². The zero-order chi connectivity index (χ0) is 10.8. The standard InChI is InChI=1S/C12H14O4/c1-2-9(13-5-11-7-15-11)4-10(3-1)14-6-12-8-16-12/h1-4,11-12H,5-8H2/t11-,12-/m0/s1. The molecule has 2 aliphatic heterocycles. The monoisotopic (exact) mass is 222 g/mol. The van der Waals surface area contributed by atoms with E-state index < -0.39 is 0 Å². The van der Waals surface area contributed by atoms with Gasteiger partial charge in [0.25, 0.3) is 0 Å². The molecule has 2 aliphatic rings. The number of rotatable bonds is 6. The number of epoxide rings is 2. The number of benzene rings is 1. The summed E-state index contributed by atoms with van der Waals surface area (Å²) in [4.78, 5) is 0. The maximum atomic E-state index is 5.56. The smallest absolute Gasteiger partial charge is 0.123 e. The molecule has 0 N–H and O–H groups in total. The minimum atomic E-state index is 0.282. The zero-order valence-corrected chi connectivity index (χ0v) is 8.93. The molecular weight excluding hydrogens is 208 g/mol. The van der Waals surface area contributed by atoms with E-state index >= 15 is 0 Å². The van der Waals surface area contributed by atoms with Gasteiger partial charge in [-0.3, -0.25) is 0 Å². The van der Waals surface area contributed by atoms with Crippen molar-refractivity contribution in [1.29, 1.82) is 0 Å². The molecule has 0 aromatic heterocycles. The molecule has 86 valence electrons. The molecule has 4 heteroatoms. The first-order valence-corrected chi connectivity index (χ1v) is 5.49. The summed E-state index contributed by atoms with van der Waals surface area (Å²) in [6.07, 6.45) is 0.564. The van der Waals surface area contributed by atoms with E-state index in [4.69, 9.17) is 18.9 Å². The molecule has 16 heavy (non-hydrogen) atoms. The molecular formula is C12H14O4. The van der Waals surface area contributed by atoms with E-state index in [2.05, 4.69) is 0 Å². The summed E-state index contributed by atoms with van der Waals surface area (Å²) in [6.45, 7) is 2.87. The van der Waals surface area contributed by atoms with Crippen molar-refractivity contribution in [2.24, 2.45) is 0 Å². The molecule has 2 atom stereocenters. The highest BCUT2D eigenvalue weighted by Gasteiger charge is 2.24. The summed E-state index contributed by atoms with van der Waals surface area (Å²) >= 11 is 0. The summed E-state index contributed by atoms with van der Waals surface area (Å²) in [7, 11) is 0. The second kappa shape index (κ2) is 4.31. The Morgan fingerprint density at radius 2 is 1.50 bits per heavy atom. The quantitative estimate of drug-likeness (QED) is 0.679. The summed E-state index contributed by atoms with van der Waals surface area (Å²) in [5.74, 6) is 1.65. The van der Waals surface area contributed by atoms with Gasteiger partial charge in [0.05, 0.1) is 13.2 Å². The van der Waals surface area contributed by atoms with Crippen LogP contribution < -0.4 is 9.47 Å². The van der Waals surface area contributed by atoms with Gasteiger partial charge in [0.15, 0.2) is 0 Å². The van der Waals surface area contributed by atoms with Crippen molar-refractivity contribution in [2.45, 2.75) is 12.2 Å². The van der Waals surface area contributed by atoms with E-state index in [0.717, 1.165) is 24.7 Å². The van der Waals surface area contributed by atoms with Gasteiger partial charge in [0.1, 0.15) is 36.9 Å². The lowest BCUT2D eigenvalue weighted by Gasteiger charge is -2.07. The largest absolute Gasteiger partial charge is 0.491 e. The third kappa shape index (κ3) is 2.87. The van der Waals surface area contributed by atoms with Gasteiger partial charge in [-0.1, -0.05) is 6.07 Å². The molecule has 0 spiro atoms. The normalized spacial score (nSPS) is 26.2. The van der Waals surface area contributed by atoms with Gasteiger partial charge >= 0.3 is 0 Å². The third-order valence-corrected chi connectivity index (χ3v) is 2.48. The average Bonchev–Trinajstić information content (AvgIpc) is 3.17. The summed E-state index contributed by atoms with van der Waals surface area (Å²) in [6, 6.07) is 7.66. The lowest BCUT2D eigenvalue weighted by atomic mass is 10.3. The molecule has 0 radical (unpaired) electrons. The second-order valence-corrected chi connectivity index (χ2v) is 4.01. The molecule has 1 aromatic carbocycles. The molecule has 0 aliphatic carbocycles. The van der Waals surface area contributed by atoms with Gasteiger partial charge < -0.3 is 18.9 Å². The summed E-state index contributed by atoms with van der Waals surface area (Å²) in [5, 5.41) is 0. The lowest BCUT2D eigenvalue weighted by Crippen LogP contribution is -2.06. The highest BCUT2D eigenvalue weighted by atomic mass is 16.6. The Morgan fingerprint density at radius 1 is 1.00 bits per heavy atom. The fourth-order valence-corrected chi connectivity index (χ4v) is 1.36. The molecule has 0 unspecified atom stereocenters. The predicted molar refractivity (Wildman–Crippen MR) is 56.9 cm³/mol. The van der Waals surface area contributed by atoms with Crippen LogP contribution in [0.5, 0.6) is 11.5 Å². The van der Waals surface area contributed by atoms with Crippen LogP contribution >= 0.6 is 0 Å². The first kappa shape index (κ1) is 9.93. The Labute approximate surface area is 94.1 Å². The van der Waals surface area contributed by atoms with Crippen molar-refractivity contribution in [3.05, 3.63) is 24.3 Å². The van der Waals surface area contributed by atoms with Crippen LogP contribution in [-0.4, -0.2) is 38.6 Å². The van der Waals surface area contributed by atoms with Crippen LogP contribution in [0.3, 0.4) is 0 Å². The molecule has 1 aromatic rings. The second-order valence-electron chi connectivity index (χ2n) is 4.01. The number of ether oxygens (including phenoxy) is 4. The van der Waals surface area contributed by atoms with E-state index in [9.17, 15) is 0 Å². The topological polar surface area (TPSA) is 43.5 Å². The van der Waals surface area contributed by atoms with Crippen molar-refractivity contribution >= 4 is 0 Å². The Bertz CT molecular complexity index is 327. The molecule has 2 saturated heterocycles. The van der Waals surface area contributed by atoms with Crippen molar-refractivity contribution in [1.82, 2.24) is 0 Å². The Hall–Kier alpha value is -1.26. The van der Waals surface area contributed by atoms with Crippen molar-refractivity contribution in [3.63, 3.8) is 0 Å². The molecule has 0 bridgehead atoms.